The predicted octanol–water partition coefficient (Wildman–Crippen LogP) is 4.19. The number of piperidine rings is 1. The molecule has 1 aliphatic heterocycles. The molecule has 6 nitrogen and oxygen atoms in total. The van der Waals surface area contributed by atoms with Crippen LogP contribution in [0.2, 0.25) is 0 Å². The molecular formula is C24H30N2O4S. The van der Waals surface area contributed by atoms with Crippen molar-refractivity contribution in [2.24, 2.45) is 11.8 Å². The van der Waals surface area contributed by atoms with Crippen molar-refractivity contribution in [3.63, 3.8) is 0 Å². The molecule has 0 aliphatic carbocycles. The summed E-state index contributed by atoms with van der Waals surface area (Å²) in [6.07, 6.45) is 2.64. The highest BCUT2D eigenvalue weighted by molar-refractivity contribution is 7.89. The van der Waals surface area contributed by atoms with Gasteiger partial charge in [-0.2, -0.15) is 4.31 Å². The number of ether oxygens (including phenoxy) is 1. The second kappa shape index (κ2) is 9.66. The molecule has 7 heteroatoms. The van der Waals surface area contributed by atoms with Crippen LogP contribution in [0.25, 0.3) is 0 Å². The van der Waals surface area contributed by atoms with Crippen LogP contribution in [0, 0.1) is 11.8 Å². The molecule has 1 aliphatic rings. The maximum atomic E-state index is 13.5. The Labute approximate surface area is 185 Å². The van der Waals surface area contributed by atoms with E-state index in [1.54, 1.807) is 23.1 Å². The Kier molecular flexibility index (Phi) is 7.18. The van der Waals surface area contributed by atoms with Gasteiger partial charge in [0.05, 0.1) is 7.11 Å². The highest BCUT2D eigenvalue weighted by Gasteiger charge is 2.34. The second-order valence-electron chi connectivity index (χ2n) is 8.17. The number of anilines is 1. The zero-order valence-electron chi connectivity index (χ0n) is 18.3. The monoisotopic (exact) mass is 442 g/mol. The molecule has 166 valence electrons. The first-order valence-corrected chi connectivity index (χ1v) is 11.9. The molecule has 2 unspecified atom stereocenters. The summed E-state index contributed by atoms with van der Waals surface area (Å²) in [5, 5.41) is 0. The molecule has 1 heterocycles. The highest BCUT2D eigenvalue weighted by Crippen LogP contribution is 2.32. The summed E-state index contributed by atoms with van der Waals surface area (Å²) in [4.78, 5) is 14.9. The number of amides is 1. The van der Waals surface area contributed by atoms with Gasteiger partial charge in [0, 0.05) is 30.9 Å². The molecule has 1 amide bonds. The standard InChI is InChI=1S/C24H30N2O4S/c1-5-13-26(21-9-7-6-8-10-21)24(27)20-11-12-22(30-4)23(15-20)31(28,29)25-16-18(2)14-19(3)17-25/h5-12,15,18-19H,1,13-14,16-17H2,2-4H3. The van der Waals surface area contributed by atoms with Crippen molar-refractivity contribution < 1.29 is 17.9 Å². The number of rotatable bonds is 7. The first-order valence-electron chi connectivity index (χ1n) is 10.4. The van der Waals surface area contributed by atoms with Gasteiger partial charge in [-0.25, -0.2) is 8.42 Å². The topological polar surface area (TPSA) is 66.9 Å². The maximum absolute atomic E-state index is 13.5. The number of sulfonamides is 1. The normalized spacial score (nSPS) is 19.6. The third-order valence-electron chi connectivity index (χ3n) is 5.49. The molecule has 31 heavy (non-hydrogen) atoms. The van der Waals surface area contributed by atoms with Gasteiger partial charge in [-0.3, -0.25) is 4.79 Å². The SMILES string of the molecule is C=CCN(C(=O)c1ccc(OC)c(S(=O)(=O)N2CC(C)CC(C)C2)c1)c1ccccc1. The molecule has 1 saturated heterocycles. The van der Waals surface area contributed by atoms with Crippen LogP contribution in [0.5, 0.6) is 5.75 Å². The van der Waals surface area contributed by atoms with Crippen molar-refractivity contribution >= 4 is 21.6 Å². The zero-order chi connectivity index (χ0) is 22.6. The summed E-state index contributed by atoms with van der Waals surface area (Å²) in [5.74, 6) is 0.481. The smallest absolute Gasteiger partial charge is 0.258 e. The van der Waals surface area contributed by atoms with Gasteiger partial charge in [-0.1, -0.05) is 38.1 Å². The molecule has 0 aromatic heterocycles. The summed E-state index contributed by atoms with van der Waals surface area (Å²) in [6, 6.07) is 13.8. The second-order valence-corrected chi connectivity index (χ2v) is 10.1. The number of nitrogens with zero attached hydrogens (tertiary/aromatic N) is 2. The van der Waals surface area contributed by atoms with Crippen LogP contribution >= 0.6 is 0 Å². The fourth-order valence-electron chi connectivity index (χ4n) is 4.15. The highest BCUT2D eigenvalue weighted by atomic mass is 32.2. The molecule has 0 saturated carbocycles. The van der Waals surface area contributed by atoms with E-state index >= 15 is 0 Å². The summed E-state index contributed by atoms with van der Waals surface area (Å²) in [6.45, 7) is 9.08. The maximum Gasteiger partial charge on any atom is 0.258 e. The van der Waals surface area contributed by atoms with Gasteiger partial charge < -0.3 is 9.64 Å². The third-order valence-corrected chi connectivity index (χ3v) is 7.34. The molecule has 0 spiro atoms. The van der Waals surface area contributed by atoms with Crippen molar-refractivity contribution in [2.75, 3.05) is 31.6 Å². The van der Waals surface area contributed by atoms with E-state index in [0.29, 0.717) is 25.3 Å². The molecule has 2 aromatic carbocycles. The average Bonchev–Trinajstić information content (AvgIpc) is 2.76. The Hall–Kier alpha value is -2.64. The number of benzene rings is 2. The van der Waals surface area contributed by atoms with E-state index in [4.69, 9.17) is 4.74 Å². The first kappa shape index (κ1) is 23.0. The van der Waals surface area contributed by atoms with E-state index in [9.17, 15) is 13.2 Å². The van der Waals surface area contributed by atoms with E-state index in [2.05, 4.69) is 20.4 Å². The largest absolute Gasteiger partial charge is 0.495 e. The molecule has 2 atom stereocenters. The van der Waals surface area contributed by atoms with Crippen molar-refractivity contribution in [3.8, 4) is 5.75 Å². The van der Waals surface area contributed by atoms with Crippen molar-refractivity contribution in [2.45, 2.75) is 25.2 Å². The van der Waals surface area contributed by atoms with E-state index in [1.165, 1.54) is 17.5 Å². The Morgan fingerprint density at radius 3 is 2.39 bits per heavy atom. The van der Waals surface area contributed by atoms with Crippen molar-refractivity contribution in [1.29, 1.82) is 0 Å². The summed E-state index contributed by atoms with van der Waals surface area (Å²) in [7, 11) is -2.38. The van der Waals surface area contributed by atoms with Crippen molar-refractivity contribution in [3.05, 3.63) is 66.7 Å². The van der Waals surface area contributed by atoms with Crippen LogP contribution in [-0.4, -0.2) is 45.4 Å². The molecule has 1 fully saturated rings. The summed E-state index contributed by atoms with van der Waals surface area (Å²) in [5.41, 5.74) is 0.995. The Bertz CT molecular complexity index is 1030. The lowest BCUT2D eigenvalue weighted by Crippen LogP contribution is -2.42. The van der Waals surface area contributed by atoms with E-state index in [1.807, 2.05) is 30.3 Å². The minimum atomic E-state index is -3.81. The van der Waals surface area contributed by atoms with Crippen LogP contribution in [0.15, 0.2) is 66.1 Å². The summed E-state index contributed by atoms with van der Waals surface area (Å²) < 4.78 is 33.9. The zero-order valence-corrected chi connectivity index (χ0v) is 19.1. The minimum Gasteiger partial charge on any atom is -0.495 e. The quantitative estimate of drug-likeness (QED) is 0.603. The van der Waals surface area contributed by atoms with Crippen LogP contribution in [0.1, 0.15) is 30.6 Å². The fourth-order valence-corrected chi connectivity index (χ4v) is 6.01. The van der Waals surface area contributed by atoms with Gasteiger partial charge in [-0.15, -0.1) is 6.58 Å². The van der Waals surface area contributed by atoms with E-state index in [0.717, 1.165) is 6.42 Å². The number of hydrogen-bond donors (Lipinski definition) is 0. The lowest BCUT2D eigenvalue weighted by molar-refractivity contribution is 0.0989. The van der Waals surface area contributed by atoms with Crippen LogP contribution in [0.3, 0.4) is 0 Å². The average molecular weight is 443 g/mol. The minimum absolute atomic E-state index is 0.0220. The molecular weight excluding hydrogens is 412 g/mol. The number of hydrogen-bond acceptors (Lipinski definition) is 4. The lowest BCUT2D eigenvalue weighted by Gasteiger charge is -2.34. The molecule has 2 aromatic rings. The number of carbonyl (C=O) groups excluding carboxylic acids is 1. The fraction of sp³-hybridized carbons (Fsp3) is 0.375. The Balaban J connectivity index is 2.02. The van der Waals surface area contributed by atoms with Crippen LogP contribution in [-0.2, 0) is 10.0 Å². The van der Waals surface area contributed by atoms with Crippen LogP contribution in [0.4, 0.5) is 5.69 Å². The molecule has 0 bridgehead atoms. The number of methoxy groups -OCH3 is 1. The molecule has 3 rings (SSSR count). The summed E-state index contributed by atoms with van der Waals surface area (Å²) >= 11 is 0. The van der Waals surface area contributed by atoms with Crippen LogP contribution < -0.4 is 9.64 Å². The van der Waals surface area contributed by atoms with Gasteiger partial charge in [0.2, 0.25) is 10.0 Å². The predicted molar refractivity (Wildman–Crippen MR) is 123 cm³/mol. The Morgan fingerprint density at radius 1 is 1.16 bits per heavy atom. The lowest BCUT2D eigenvalue weighted by atomic mass is 9.94. The first-order chi connectivity index (χ1) is 14.8. The number of para-hydroxylation sites is 1. The third kappa shape index (κ3) is 4.99. The van der Waals surface area contributed by atoms with Gasteiger partial charge in [0.25, 0.3) is 5.91 Å². The van der Waals surface area contributed by atoms with Gasteiger partial charge in [0.15, 0.2) is 0 Å². The van der Waals surface area contributed by atoms with Gasteiger partial charge in [-0.05, 0) is 48.6 Å². The van der Waals surface area contributed by atoms with Crippen molar-refractivity contribution in [1.82, 2.24) is 4.31 Å². The van der Waals surface area contributed by atoms with E-state index < -0.39 is 10.0 Å². The Morgan fingerprint density at radius 2 is 1.81 bits per heavy atom. The van der Waals surface area contributed by atoms with E-state index in [-0.39, 0.29) is 34.0 Å². The van der Waals surface area contributed by atoms with Gasteiger partial charge in [0.1, 0.15) is 10.6 Å². The number of carbonyl (C=O) groups is 1. The molecule has 0 N–H and O–H groups in total. The van der Waals surface area contributed by atoms with Gasteiger partial charge >= 0.3 is 0 Å². The molecule has 0 radical (unpaired) electrons.